The fraction of sp³-hybridized carbons (Fsp3) is 0.833. The third-order valence-corrected chi connectivity index (χ3v) is 2.77. The quantitative estimate of drug-likeness (QED) is 0.653. The van der Waals surface area contributed by atoms with Gasteiger partial charge in [0.2, 0.25) is 11.8 Å². The minimum absolute atomic E-state index is 0. The Morgan fingerprint density at radius 3 is 2.33 bits per heavy atom. The van der Waals surface area contributed by atoms with E-state index in [9.17, 15) is 9.59 Å². The molecule has 0 aromatic carbocycles. The van der Waals surface area contributed by atoms with Gasteiger partial charge in [-0.15, -0.1) is 12.4 Å². The minimum atomic E-state index is -0.378. The van der Waals surface area contributed by atoms with Crippen LogP contribution in [-0.4, -0.2) is 37.5 Å². The van der Waals surface area contributed by atoms with Crippen LogP contribution in [0, 0.1) is 5.41 Å². The van der Waals surface area contributed by atoms with Gasteiger partial charge < -0.3 is 16.0 Å². The standard InChI is InChI=1S/C12H23N3O2.ClH/c1-12(2,3)11(17)15-8-7-14-10(16)9-5-4-6-13-9;/h9,13H,4-8H2,1-3H3,(H,14,16)(H,15,17);1H. The number of hydrogen-bond acceptors (Lipinski definition) is 3. The Morgan fingerprint density at radius 1 is 1.22 bits per heavy atom. The van der Waals surface area contributed by atoms with Gasteiger partial charge in [-0.2, -0.15) is 0 Å². The highest BCUT2D eigenvalue weighted by Crippen LogP contribution is 2.11. The first-order valence-electron chi connectivity index (χ1n) is 6.20. The van der Waals surface area contributed by atoms with Gasteiger partial charge in [0, 0.05) is 18.5 Å². The second-order valence-corrected chi connectivity index (χ2v) is 5.45. The molecule has 1 saturated heterocycles. The molecule has 1 heterocycles. The van der Waals surface area contributed by atoms with E-state index in [4.69, 9.17) is 0 Å². The predicted molar refractivity (Wildman–Crippen MR) is 73.7 cm³/mol. The van der Waals surface area contributed by atoms with E-state index in [0.29, 0.717) is 13.1 Å². The predicted octanol–water partition coefficient (Wildman–Crippen LogP) is 0.439. The lowest BCUT2D eigenvalue weighted by Crippen LogP contribution is -2.44. The van der Waals surface area contributed by atoms with Crippen molar-refractivity contribution in [2.45, 2.75) is 39.7 Å². The number of carbonyl (C=O) groups excluding carboxylic acids is 2. The van der Waals surface area contributed by atoms with E-state index in [0.717, 1.165) is 19.4 Å². The lowest BCUT2D eigenvalue weighted by Gasteiger charge is -2.18. The Labute approximate surface area is 115 Å². The summed E-state index contributed by atoms with van der Waals surface area (Å²) in [4.78, 5) is 23.1. The van der Waals surface area contributed by atoms with Crippen molar-refractivity contribution in [2.24, 2.45) is 5.41 Å². The van der Waals surface area contributed by atoms with Gasteiger partial charge in [0.15, 0.2) is 0 Å². The number of halogens is 1. The van der Waals surface area contributed by atoms with Crippen LogP contribution in [0.1, 0.15) is 33.6 Å². The summed E-state index contributed by atoms with van der Waals surface area (Å²) in [5.74, 6) is 0.0400. The topological polar surface area (TPSA) is 70.2 Å². The maximum absolute atomic E-state index is 11.6. The average molecular weight is 278 g/mol. The third-order valence-electron chi connectivity index (χ3n) is 2.77. The van der Waals surface area contributed by atoms with E-state index in [1.54, 1.807) is 0 Å². The molecule has 1 fully saturated rings. The SMILES string of the molecule is CC(C)(C)C(=O)NCCNC(=O)C1CCCN1.Cl. The summed E-state index contributed by atoms with van der Waals surface area (Å²) in [6, 6.07) is -0.0479. The van der Waals surface area contributed by atoms with Crippen LogP contribution >= 0.6 is 12.4 Å². The highest BCUT2D eigenvalue weighted by Gasteiger charge is 2.22. The molecule has 0 aliphatic carbocycles. The number of hydrogen-bond donors (Lipinski definition) is 3. The van der Waals surface area contributed by atoms with E-state index in [1.807, 2.05) is 20.8 Å². The molecule has 2 amide bonds. The van der Waals surface area contributed by atoms with Crippen molar-refractivity contribution in [2.75, 3.05) is 19.6 Å². The first-order chi connectivity index (χ1) is 7.91. The molecule has 18 heavy (non-hydrogen) atoms. The Balaban J connectivity index is 0.00000289. The first-order valence-corrected chi connectivity index (χ1v) is 6.20. The Bertz CT molecular complexity index is 284. The molecule has 0 saturated carbocycles. The van der Waals surface area contributed by atoms with Crippen LogP contribution in [0.4, 0.5) is 0 Å². The summed E-state index contributed by atoms with van der Waals surface area (Å²) in [7, 11) is 0. The van der Waals surface area contributed by atoms with Gasteiger partial charge in [0.25, 0.3) is 0 Å². The molecule has 1 rings (SSSR count). The zero-order chi connectivity index (χ0) is 12.9. The normalized spacial score (nSPS) is 18.9. The van der Waals surface area contributed by atoms with Crippen LogP contribution in [0.3, 0.4) is 0 Å². The van der Waals surface area contributed by atoms with Crippen LogP contribution in [0.5, 0.6) is 0 Å². The van der Waals surface area contributed by atoms with Gasteiger partial charge in [-0.05, 0) is 19.4 Å². The van der Waals surface area contributed by atoms with Crippen LogP contribution in [0.25, 0.3) is 0 Å². The van der Waals surface area contributed by atoms with E-state index >= 15 is 0 Å². The van der Waals surface area contributed by atoms with Crippen molar-refractivity contribution in [1.29, 1.82) is 0 Å². The number of rotatable bonds is 4. The molecular formula is C12H24ClN3O2. The van der Waals surface area contributed by atoms with Crippen molar-refractivity contribution in [3.05, 3.63) is 0 Å². The first kappa shape index (κ1) is 17.2. The highest BCUT2D eigenvalue weighted by molar-refractivity contribution is 5.85. The van der Waals surface area contributed by atoms with Crippen LogP contribution in [0.15, 0.2) is 0 Å². The molecule has 1 aliphatic heterocycles. The molecule has 5 nitrogen and oxygen atoms in total. The molecule has 6 heteroatoms. The van der Waals surface area contributed by atoms with Gasteiger partial charge in [0.1, 0.15) is 0 Å². The molecule has 0 radical (unpaired) electrons. The molecule has 106 valence electrons. The molecule has 1 aliphatic rings. The van der Waals surface area contributed by atoms with Gasteiger partial charge in [0.05, 0.1) is 6.04 Å². The van der Waals surface area contributed by atoms with Crippen LogP contribution < -0.4 is 16.0 Å². The average Bonchev–Trinajstić information content (AvgIpc) is 2.75. The highest BCUT2D eigenvalue weighted by atomic mass is 35.5. The summed E-state index contributed by atoms with van der Waals surface area (Å²) in [6.45, 7) is 7.47. The minimum Gasteiger partial charge on any atom is -0.354 e. The van der Waals surface area contributed by atoms with Crippen molar-refractivity contribution in [3.8, 4) is 0 Å². The zero-order valence-corrected chi connectivity index (χ0v) is 12.2. The summed E-state index contributed by atoms with van der Waals surface area (Å²) < 4.78 is 0. The lowest BCUT2D eigenvalue weighted by molar-refractivity contribution is -0.128. The fourth-order valence-corrected chi connectivity index (χ4v) is 1.66. The van der Waals surface area contributed by atoms with Gasteiger partial charge in [-0.3, -0.25) is 9.59 Å². The Kier molecular flexibility index (Phi) is 7.25. The van der Waals surface area contributed by atoms with E-state index in [-0.39, 0.29) is 35.7 Å². The largest absolute Gasteiger partial charge is 0.354 e. The maximum atomic E-state index is 11.6. The number of amides is 2. The second-order valence-electron chi connectivity index (χ2n) is 5.45. The summed E-state index contributed by atoms with van der Waals surface area (Å²) in [5, 5.41) is 8.74. The Morgan fingerprint density at radius 2 is 1.83 bits per heavy atom. The summed E-state index contributed by atoms with van der Waals surface area (Å²) in [6.07, 6.45) is 1.96. The van der Waals surface area contributed by atoms with Crippen molar-refractivity contribution in [1.82, 2.24) is 16.0 Å². The molecule has 3 N–H and O–H groups in total. The van der Waals surface area contributed by atoms with E-state index < -0.39 is 0 Å². The van der Waals surface area contributed by atoms with Gasteiger partial charge >= 0.3 is 0 Å². The number of carbonyl (C=O) groups is 2. The van der Waals surface area contributed by atoms with Crippen LogP contribution in [0.2, 0.25) is 0 Å². The summed E-state index contributed by atoms with van der Waals surface area (Å²) in [5.41, 5.74) is -0.378. The monoisotopic (exact) mass is 277 g/mol. The van der Waals surface area contributed by atoms with E-state index in [1.165, 1.54) is 0 Å². The molecule has 0 aromatic rings. The van der Waals surface area contributed by atoms with Crippen molar-refractivity contribution < 1.29 is 9.59 Å². The van der Waals surface area contributed by atoms with Gasteiger partial charge in [-0.1, -0.05) is 20.8 Å². The van der Waals surface area contributed by atoms with Gasteiger partial charge in [-0.25, -0.2) is 0 Å². The molecule has 0 spiro atoms. The van der Waals surface area contributed by atoms with Crippen molar-refractivity contribution >= 4 is 24.2 Å². The van der Waals surface area contributed by atoms with E-state index in [2.05, 4.69) is 16.0 Å². The number of nitrogens with one attached hydrogen (secondary N) is 3. The molecule has 1 atom stereocenters. The second kappa shape index (κ2) is 7.59. The molecule has 1 unspecified atom stereocenters. The van der Waals surface area contributed by atoms with Crippen LogP contribution in [-0.2, 0) is 9.59 Å². The molecular weight excluding hydrogens is 254 g/mol. The summed E-state index contributed by atoms with van der Waals surface area (Å²) >= 11 is 0. The fourth-order valence-electron chi connectivity index (χ4n) is 1.66. The smallest absolute Gasteiger partial charge is 0.237 e. The van der Waals surface area contributed by atoms with Crippen molar-refractivity contribution in [3.63, 3.8) is 0 Å². The molecule has 0 bridgehead atoms. The zero-order valence-electron chi connectivity index (χ0n) is 11.3. The lowest BCUT2D eigenvalue weighted by atomic mass is 9.96. The Hall–Kier alpha value is -0.810. The third kappa shape index (κ3) is 5.69. The maximum Gasteiger partial charge on any atom is 0.237 e. The molecule has 0 aromatic heterocycles.